The lowest BCUT2D eigenvalue weighted by molar-refractivity contribution is -0.123. The van der Waals surface area contributed by atoms with Gasteiger partial charge in [0, 0.05) is 12.2 Å². The van der Waals surface area contributed by atoms with Crippen molar-refractivity contribution in [3.8, 4) is 5.75 Å². The highest BCUT2D eigenvalue weighted by Crippen LogP contribution is 2.09. The molecule has 1 aromatic carbocycles. The maximum Gasteiger partial charge on any atom is 0.258 e. The fourth-order valence-electron chi connectivity index (χ4n) is 1.69. The van der Waals surface area contributed by atoms with Gasteiger partial charge in [-0.15, -0.1) is 0 Å². The Bertz CT molecular complexity index is 627. The van der Waals surface area contributed by atoms with Gasteiger partial charge in [-0.3, -0.25) is 9.78 Å². The molecule has 0 fully saturated rings. The van der Waals surface area contributed by atoms with Crippen molar-refractivity contribution in [3.05, 3.63) is 59.2 Å². The molecule has 0 aliphatic rings. The molecule has 0 radical (unpaired) electrons. The number of pyridine rings is 1. The summed E-state index contributed by atoms with van der Waals surface area (Å²) in [6.45, 7) is 3.74. The van der Waals surface area contributed by atoms with Crippen molar-refractivity contribution in [2.24, 2.45) is 0 Å². The second kappa shape index (κ2) is 6.83. The monoisotopic (exact) mass is 288 g/mol. The van der Waals surface area contributed by atoms with Crippen LogP contribution >= 0.6 is 0 Å². The molecule has 0 aliphatic carbocycles. The zero-order chi connectivity index (χ0) is 15.2. The third-order valence-electron chi connectivity index (χ3n) is 2.98. The molecule has 21 heavy (non-hydrogen) atoms. The molecule has 2 rings (SSSR count). The van der Waals surface area contributed by atoms with Gasteiger partial charge in [0.25, 0.3) is 5.91 Å². The van der Waals surface area contributed by atoms with Crippen molar-refractivity contribution in [3.63, 3.8) is 0 Å². The molecule has 5 heteroatoms. The predicted octanol–water partition coefficient (Wildman–Crippen LogP) is 2.53. The minimum Gasteiger partial charge on any atom is -0.482 e. The number of nitrogens with one attached hydrogen (secondary N) is 1. The summed E-state index contributed by atoms with van der Waals surface area (Å²) in [5, 5.41) is 2.68. The van der Waals surface area contributed by atoms with E-state index in [0.29, 0.717) is 16.9 Å². The van der Waals surface area contributed by atoms with Crippen LogP contribution in [0.3, 0.4) is 0 Å². The molecule has 1 amide bonds. The molecule has 2 aromatic rings. The topological polar surface area (TPSA) is 51.2 Å². The molecule has 1 N–H and O–H groups in total. The number of carbonyl (C=O) groups is 1. The van der Waals surface area contributed by atoms with Crippen LogP contribution in [0.5, 0.6) is 5.75 Å². The molecule has 0 atom stereocenters. The van der Waals surface area contributed by atoms with Crippen LogP contribution in [0.25, 0.3) is 0 Å². The van der Waals surface area contributed by atoms with Crippen molar-refractivity contribution in [2.75, 3.05) is 6.61 Å². The molecule has 0 saturated carbocycles. The van der Waals surface area contributed by atoms with Crippen molar-refractivity contribution in [1.82, 2.24) is 10.3 Å². The fraction of sp³-hybridized carbons (Fsp3) is 0.250. The Morgan fingerprint density at radius 1 is 1.29 bits per heavy atom. The van der Waals surface area contributed by atoms with Crippen molar-refractivity contribution >= 4 is 5.91 Å². The number of aromatic nitrogens is 1. The van der Waals surface area contributed by atoms with Gasteiger partial charge >= 0.3 is 0 Å². The SMILES string of the molecule is Cc1ccc(OCC(=O)NCc2ccc(C)c(F)c2)cn1. The van der Waals surface area contributed by atoms with E-state index in [4.69, 9.17) is 4.74 Å². The molecule has 0 saturated heterocycles. The first-order valence-electron chi connectivity index (χ1n) is 6.62. The first-order valence-corrected chi connectivity index (χ1v) is 6.62. The summed E-state index contributed by atoms with van der Waals surface area (Å²) < 4.78 is 18.7. The lowest BCUT2D eigenvalue weighted by Gasteiger charge is -2.08. The number of rotatable bonds is 5. The van der Waals surface area contributed by atoms with Gasteiger partial charge in [-0.2, -0.15) is 0 Å². The Morgan fingerprint density at radius 2 is 2.10 bits per heavy atom. The van der Waals surface area contributed by atoms with Gasteiger partial charge in [-0.25, -0.2) is 4.39 Å². The Balaban J connectivity index is 1.79. The van der Waals surface area contributed by atoms with Gasteiger partial charge in [0.15, 0.2) is 6.61 Å². The van der Waals surface area contributed by atoms with Crippen LogP contribution in [0.15, 0.2) is 36.5 Å². The number of ether oxygens (including phenoxy) is 1. The molecule has 4 nitrogen and oxygen atoms in total. The largest absolute Gasteiger partial charge is 0.482 e. The summed E-state index contributed by atoms with van der Waals surface area (Å²) in [4.78, 5) is 15.7. The first-order chi connectivity index (χ1) is 10.0. The summed E-state index contributed by atoms with van der Waals surface area (Å²) >= 11 is 0. The zero-order valence-electron chi connectivity index (χ0n) is 12.0. The van der Waals surface area contributed by atoms with Gasteiger partial charge in [0.1, 0.15) is 11.6 Å². The average molecular weight is 288 g/mol. The smallest absolute Gasteiger partial charge is 0.258 e. The second-order valence-electron chi connectivity index (χ2n) is 4.78. The normalized spacial score (nSPS) is 10.2. The number of hydrogen-bond acceptors (Lipinski definition) is 3. The number of benzene rings is 1. The van der Waals surface area contributed by atoms with Crippen LogP contribution in [-0.4, -0.2) is 17.5 Å². The highest BCUT2D eigenvalue weighted by molar-refractivity contribution is 5.77. The number of amides is 1. The molecule has 0 aliphatic heterocycles. The highest BCUT2D eigenvalue weighted by Gasteiger charge is 2.04. The molecule has 0 spiro atoms. The standard InChI is InChI=1S/C16H17FN2O2/c1-11-3-5-13(7-15(11)17)8-19-16(20)10-21-14-6-4-12(2)18-9-14/h3-7,9H,8,10H2,1-2H3,(H,19,20). The Kier molecular flexibility index (Phi) is 4.87. The Labute approximate surface area is 123 Å². The molecule has 0 bridgehead atoms. The number of halogens is 1. The number of carbonyl (C=O) groups excluding carboxylic acids is 1. The van der Waals surface area contributed by atoms with E-state index in [1.165, 1.54) is 6.07 Å². The van der Waals surface area contributed by atoms with E-state index in [0.717, 1.165) is 5.69 Å². The molecular formula is C16H17FN2O2. The Hall–Kier alpha value is -2.43. The summed E-state index contributed by atoms with van der Waals surface area (Å²) in [5.41, 5.74) is 2.18. The average Bonchev–Trinajstić information content (AvgIpc) is 2.48. The highest BCUT2D eigenvalue weighted by atomic mass is 19.1. The van der Waals surface area contributed by atoms with Gasteiger partial charge in [-0.1, -0.05) is 12.1 Å². The van der Waals surface area contributed by atoms with Crippen LogP contribution in [0.2, 0.25) is 0 Å². The van der Waals surface area contributed by atoms with Crippen LogP contribution in [0.1, 0.15) is 16.8 Å². The van der Waals surface area contributed by atoms with Crippen LogP contribution in [0.4, 0.5) is 4.39 Å². The van der Waals surface area contributed by atoms with E-state index in [9.17, 15) is 9.18 Å². The van der Waals surface area contributed by atoms with Crippen LogP contribution in [0, 0.1) is 19.7 Å². The number of aryl methyl sites for hydroxylation is 2. The van der Waals surface area contributed by atoms with E-state index in [-0.39, 0.29) is 24.9 Å². The predicted molar refractivity (Wildman–Crippen MR) is 77.5 cm³/mol. The lowest BCUT2D eigenvalue weighted by Crippen LogP contribution is -2.28. The Morgan fingerprint density at radius 3 is 2.76 bits per heavy atom. The fourth-order valence-corrected chi connectivity index (χ4v) is 1.69. The minimum absolute atomic E-state index is 0.0981. The van der Waals surface area contributed by atoms with Crippen molar-refractivity contribution in [1.29, 1.82) is 0 Å². The van der Waals surface area contributed by atoms with E-state index in [1.807, 2.05) is 13.0 Å². The zero-order valence-corrected chi connectivity index (χ0v) is 12.0. The van der Waals surface area contributed by atoms with E-state index >= 15 is 0 Å². The molecule has 110 valence electrons. The maximum absolute atomic E-state index is 13.4. The van der Waals surface area contributed by atoms with Gasteiger partial charge in [-0.05, 0) is 43.2 Å². The van der Waals surface area contributed by atoms with Gasteiger partial charge < -0.3 is 10.1 Å². The van der Waals surface area contributed by atoms with Crippen LogP contribution < -0.4 is 10.1 Å². The van der Waals surface area contributed by atoms with Crippen LogP contribution in [-0.2, 0) is 11.3 Å². The summed E-state index contributed by atoms with van der Waals surface area (Å²) in [5.74, 6) is -0.00239. The summed E-state index contributed by atoms with van der Waals surface area (Å²) in [6.07, 6.45) is 1.57. The summed E-state index contributed by atoms with van der Waals surface area (Å²) in [6, 6.07) is 8.45. The van der Waals surface area contributed by atoms with E-state index in [1.54, 1.807) is 31.3 Å². The molecule has 0 unspecified atom stereocenters. The first kappa shape index (κ1) is 15.0. The number of nitrogens with zero attached hydrogens (tertiary/aromatic N) is 1. The molecule has 1 aromatic heterocycles. The molecular weight excluding hydrogens is 271 g/mol. The second-order valence-corrected chi connectivity index (χ2v) is 4.78. The minimum atomic E-state index is -0.274. The van der Waals surface area contributed by atoms with Crippen molar-refractivity contribution < 1.29 is 13.9 Å². The van der Waals surface area contributed by atoms with E-state index in [2.05, 4.69) is 10.3 Å². The van der Waals surface area contributed by atoms with Gasteiger partial charge in [0.2, 0.25) is 0 Å². The van der Waals surface area contributed by atoms with Gasteiger partial charge in [0.05, 0.1) is 6.20 Å². The van der Waals surface area contributed by atoms with Crippen molar-refractivity contribution in [2.45, 2.75) is 20.4 Å². The lowest BCUT2D eigenvalue weighted by atomic mass is 10.1. The quantitative estimate of drug-likeness (QED) is 0.920. The third kappa shape index (κ3) is 4.56. The maximum atomic E-state index is 13.4. The number of hydrogen-bond donors (Lipinski definition) is 1. The summed E-state index contributed by atoms with van der Waals surface area (Å²) in [7, 11) is 0. The molecule has 1 heterocycles. The third-order valence-corrected chi connectivity index (χ3v) is 2.98. The van der Waals surface area contributed by atoms with E-state index < -0.39 is 0 Å².